The van der Waals surface area contributed by atoms with Crippen LogP contribution in [0.1, 0.15) is 12.5 Å². The van der Waals surface area contributed by atoms with Crippen LogP contribution in [-0.2, 0) is 6.54 Å². The molecule has 0 amide bonds. The Morgan fingerprint density at radius 3 is 2.71 bits per heavy atom. The number of benzene rings is 1. The number of nitrogens with one attached hydrogen (secondary N) is 1. The van der Waals surface area contributed by atoms with Crippen LogP contribution in [0.4, 0.5) is 0 Å². The largest absolute Gasteiger partial charge is 0.392 e. The van der Waals surface area contributed by atoms with Gasteiger partial charge in [0.15, 0.2) is 0 Å². The average Bonchev–Trinajstić information content (AvgIpc) is 2.08. The predicted octanol–water partition coefficient (Wildman–Crippen LogP) is 2.46. The van der Waals surface area contributed by atoms with E-state index in [0.29, 0.717) is 23.1 Å². The first-order chi connectivity index (χ1) is 6.59. The van der Waals surface area contributed by atoms with Crippen molar-refractivity contribution >= 4 is 23.2 Å². The SMILES string of the molecule is C[C@H](O)CNCc1ccc(Cl)cc1Cl. The van der Waals surface area contributed by atoms with Gasteiger partial charge in [0.05, 0.1) is 6.10 Å². The summed E-state index contributed by atoms with van der Waals surface area (Å²) in [6.07, 6.45) is -0.346. The molecule has 0 radical (unpaired) electrons. The van der Waals surface area contributed by atoms with Gasteiger partial charge in [-0.25, -0.2) is 0 Å². The zero-order valence-electron chi connectivity index (χ0n) is 7.93. The number of hydrogen-bond donors (Lipinski definition) is 2. The van der Waals surface area contributed by atoms with E-state index < -0.39 is 0 Å². The Labute approximate surface area is 93.8 Å². The number of rotatable bonds is 4. The van der Waals surface area contributed by atoms with Crippen LogP contribution in [0.25, 0.3) is 0 Å². The summed E-state index contributed by atoms with van der Waals surface area (Å²) in [4.78, 5) is 0. The summed E-state index contributed by atoms with van der Waals surface area (Å²) >= 11 is 11.7. The lowest BCUT2D eigenvalue weighted by atomic mass is 10.2. The lowest BCUT2D eigenvalue weighted by Gasteiger charge is -2.08. The van der Waals surface area contributed by atoms with Gasteiger partial charge in [-0.3, -0.25) is 0 Å². The number of halogens is 2. The Hall–Kier alpha value is -0.280. The minimum absolute atomic E-state index is 0.346. The van der Waals surface area contributed by atoms with Crippen molar-refractivity contribution in [2.75, 3.05) is 6.54 Å². The Bertz CT molecular complexity index is 302. The summed E-state index contributed by atoms with van der Waals surface area (Å²) in [7, 11) is 0. The third-order valence-electron chi connectivity index (χ3n) is 1.77. The molecule has 0 heterocycles. The predicted molar refractivity (Wildman–Crippen MR) is 59.8 cm³/mol. The minimum Gasteiger partial charge on any atom is -0.392 e. The van der Waals surface area contributed by atoms with Crippen LogP contribution in [-0.4, -0.2) is 17.8 Å². The van der Waals surface area contributed by atoms with Crippen LogP contribution < -0.4 is 5.32 Å². The molecular weight excluding hydrogens is 221 g/mol. The van der Waals surface area contributed by atoms with Gasteiger partial charge in [0, 0.05) is 23.1 Å². The molecule has 0 spiro atoms. The molecule has 78 valence electrons. The molecule has 0 bridgehead atoms. The van der Waals surface area contributed by atoms with Gasteiger partial charge in [0.25, 0.3) is 0 Å². The summed E-state index contributed by atoms with van der Waals surface area (Å²) in [6.45, 7) is 2.93. The maximum atomic E-state index is 9.03. The van der Waals surface area contributed by atoms with Crippen molar-refractivity contribution in [3.63, 3.8) is 0 Å². The lowest BCUT2D eigenvalue weighted by Crippen LogP contribution is -2.23. The molecule has 1 aromatic rings. The van der Waals surface area contributed by atoms with E-state index in [0.717, 1.165) is 5.56 Å². The second-order valence-corrected chi connectivity index (χ2v) is 4.06. The number of aliphatic hydroxyl groups is 1. The van der Waals surface area contributed by atoms with Crippen LogP contribution in [0.15, 0.2) is 18.2 Å². The highest BCUT2D eigenvalue weighted by Gasteiger charge is 2.01. The molecule has 1 rings (SSSR count). The molecule has 0 aliphatic heterocycles. The van der Waals surface area contributed by atoms with Gasteiger partial charge in [-0.15, -0.1) is 0 Å². The first kappa shape index (κ1) is 11.8. The Morgan fingerprint density at radius 1 is 1.43 bits per heavy atom. The zero-order chi connectivity index (χ0) is 10.6. The van der Waals surface area contributed by atoms with Gasteiger partial charge in [-0.05, 0) is 24.6 Å². The van der Waals surface area contributed by atoms with E-state index in [1.165, 1.54) is 0 Å². The summed E-state index contributed by atoms with van der Waals surface area (Å²) in [5.41, 5.74) is 0.983. The van der Waals surface area contributed by atoms with Gasteiger partial charge in [-0.2, -0.15) is 0 Å². The van der Waals surface area contributed by atoms with Gasteiger partial charge in [-0.1, -0.05) is 29.3 Å². The summed E-state index contributed by atoms with van der Waals surface area (Å²) in [6, 6.07) is 5.38. The summed E-state index contributed by atoms with van der Waals surface area (Å²) < 4.78 is 0. The third-order valence-corrected chi connectivity index (χ3v) is 2.36. The van der Waals surface area contributed by atoms with Crippen molar-refractivity contribution in [2.24, 2.45) is 0 Å². The smallest absolute Gasteiger partial charge is 0.0636 e. The van der Waals surface area contributed by atoms with E-state index in [4.69, 9.17) is 28.3 Å². The van der Waals surface area contributed by atoms with Gasteiger partial charge >= 0.3 is 0 Å². The molecule has 2 nitrogen and oxygen atoms in total. The van der Waals surface area contributed by atoms with E-state index >= 15 is 0 Å². The van der Waals surface area contributed by atoms with E-state index in [2.05, 4.69) is 5.32 Å². The van der Waals surface area contributed by atoms with Crippen molar-refractivity contribution in [2.45, 2.75) is 19.6 Å². The molecule has 0 aliphatic rings. The molecule has 0 saturated heterocycles. The molecule has 0 aliphatic carbocycles. The van der Waals surface area contributed by atoms with Crippen molar-refractivity contribution in [3.8, 4) is 0 Å². The number of aliphatic hydroxyl groups excluding tert-OH is 1. The summed E-state index contributed by atoms with van der Waals surface area (Å²) in [5.74, 6) is 0. The molecule has 2 N–H and O–H groups in total. The van der Waals surface area contributed by atoms with Gasteiger partial charge < -0.3 is 10.4 Å². The molecular formula is C10H13Cl2NO. The molecule has 0 fully saturated rings. The molecule has 0 unspecified atom stereocenters. The van der Waals surface area contributed by atoms with Gasteiger partial charge in [0.2, 0.25) is 0 Å². The standard InChI is InChI=1S/C10H13Cl2NO/c1-7(14)5-13-6-8-2-3-9(11)4-10(8)12/h2-4,7,13-14H,5-6H2,1H3/t7-/m0/s1. The second-order valence-electron chi connectivity index (χ2n) is 3.22. The maximum absolute atomic E-state index is 9.03. The normalized spacial score (nSPS) is 12.9. The molecule has 0 aromatic heterocycles. The van der Waals surface area contributed by atoms with Crippen LogP contribution in [0.5, 0.6) is 0 Å². The van der Waals surface area contributed by atoms with Crippen molar-refractivity contribution < 1.29 is 5.11 Å². The molecule has 1 atom stereocenters. The van der Waals surface area contributed by atoms with Gasteiger partial charge in [0.1, 0.15) is 0 Å². The van der Waals surface area contributed by atoms with Crippen molar-refractivity contribution in [1.82, 2.24) is 5.32 Å². The monoisotopic (exact) mass is 233 g/mol. The van der Waals surface area contributed by atoms with E-state index in [-0.39, 0.29) is 6.10 Å². The highest BCUT2D eigenvalue weighted by molar-refractivity contribution is 6.35. The van der Waals surface area contributed by atoms with Crippen LogP contribution in [0.3, 0.4) is 0 Å². The average molecular weight is 234 g/mol. The highest BCUT2D eigenvalue weighted by Crippen LogP contribution is 2.20. The second kappa shape index (κ2) is 5.56. The van der Waals surface area contributed by atoms with E-state index in [1.54, 1.807) is 19.1 Å². The van der Waals surface area contributed by atoms with E-state index in [9.17, 15) is 0 Å². The third kappa shape index (κ3) is 3.84. The maximum Gasteiger partial charge on any atom is 0.0636 e. The Kier molecular flexibility index (Phi) is 4.69. The first-order valence-electron chi connectivity index (χ1n) is 4.42. The molecule has 4 heteroatoms. The fourth-order valence-electron chi connectivity index (χ4n) is 1.08. The van der Waals surface area contributed by atoms with Crippen molar-refractivity contribution in [3.05, 3.63) is 33.8 Å². The highest BCUT2D eigenvalue weighted by atomic mass is 35.5. The van der Waals surface area contributed by atoms with Crippen molar-refractivity contribution in [1.29, 1.82) is 0 Å². The van der Waals surface area contributed by atoms with Crippen LogP contribution >= 0.6 is 23.2 Å². The van der Waals surface area contributed by atoms with Crippen LogP contribution in [0, 0.1) is 0 Å². The van der Waals surface area contributed by atoms with E-state index in [1.807, 2.05) is 6.07 Å². The van der Waals surface area contributed by atoms with Crippen LogP contribution in [0.2, 0.25) is 10.0 Å². The first-order valence-corrected chi connectivity index (χ1v) is 5.18. The quantitative estimate of drug-likeness (QED) is 0.838. The number of hydrogen-bond acceptors (Lipinski definition) is 2. The topological polar surface area (TPSA) is 32.3 Å². The fraction of sp³-hybridized carbons (Fsp3) is 0.400. The molecule has 1 aromatic carbocycles. The molecule has 14 heavy (non-hydrogen) atoms. The fourth-order valence-corrected chi connectivity index (χ4v) is 1.56. The zero-order valence-corrected chi connectivity index (χ0v) is 9.44. The lowest BCUT2D eigenvalue weighted by molar-refractivity contribution is 0.191. The Balaban J connectivity index is 2.51. The molecule has 0 saturated carbocycles. The minimum atomic E-state index is -0.346. The summed E-state index contributed by atoms with van der Waals surface area (Å²) in [5, 5.41) is 13.4. The Morgan fingerprint density at radius 2 is 2.14 bits per heavy atom.